The Balaban J connectivity index is 1.86. The zero-order valence-electron chi connectivity index (χ0n) is 10.4. The average molecular weight is 261 g/mol. The minimum atomic E-state index is -0.327. The van der Waals surface area contributed by atoms with Crippen LogP contribution in [0.5, 0.6) is 0 Å². The Labute approximate surface area is 111 Å². The van der Waals surface area contributed by atoms with Crippen LogP contribution in [-0.2, 0) is 4.79 Å². The smallest absolute Gasteiger partial charge is 0.244 e. The molecule has 2 N–H and O–H groups in total. The molecule has 0 unspecified atom stereocenters. The predicted molar refractivity (Wildman–Crippen MR) is 71.7 cm³/mol. The lowest BCUT2D eigenvalue weighted by Gasteiger charge is -2.10. The summed E-state index contributed by atoms with van der Waals surface area (Å²) in [6.45, 7) is 0.0992. The number of hydrogen-bond donors (Lipinski definition) is 2. The zero-order valence-corrected chi connectivity index (χ0v) is 10.4. The number of aliphatic hydroxyl groups excluding tert-OH is 1. The predicted octanol–water partition coefficient (Wildman–Crippen LogP) is 1.89. The Morgan fingerprint density at radius 3 is 3.00 bits per heavy atom. The van der Waals surface area contributed by atoms with Gasteiger partial charge in [-0.3, -0.25) is 4.79 Å². The van der Waals surface area contributed by atoms with E-state index < -0.39 is 0 Å². The first-order valence-electron chi connectivity index (χ1n) is 6.20. The molecule has 1 amide bonds. The van der Waals surface area contributed by atoms with Gasteiger partial charge in [0.1, 0.15) is 5.82 Å². The second-order valence-corrected chi connectivity index (χ2v) is 4.57. The summed E-state index contributed by atoms with van der Waals surface area (Å²) >= 11 is 0. The third kappa shape index (κ3) is 4.03. The molecular formula is C15H16FNO2. The van der Waals surface area contributed by atoms with Gasteiger partial charge < -0.3 is 10.4 Å². The summed E-state index contributed by atoms with van der Waals surface area (Å²) in [5.41, 5.74) is 0.644. The van der Waals surface area contributed by atoms with Gasteiger partial charge in [-0.25, -0.2) is 4.39 Å². The van der Waals surface area contributed by atoms with E-state index in [1.54, 1.807) is 18.2 Å². The van der Waals surface area contributed by atoms with Crippen LogP contribution in [0.3, 0.4) is 0 Å². The summed E-state index contributed by atoms with van der Waals surface area (Å²) in [6, 6.07) is 6.00. The highest BCUT2D eigenvalue weighted by atomic mass is 19.1. The van der Waals surface area contributed by atoms with Crippen molar-refractivity contribution in [2.24, 2.45) is 5.92 Å². The lowest BCUT2D eigenvalue weighted by Crippen LogP contribution is -2.31. The monoisotopic (exact) mass is 261 g/mol. The maximum atomic E-state index is 12.9. The Bertz CT molecular complexity index is 511. The van der Waals surface area contributed by atoms with E-state index in [9.17, 15) is 9.18 Å². The van der Waals surface area contributed by atoms with Crippen LogP contribution in [-0.4, -0.2) is 23.7 Å². The summed E-state index contributed by atoms with van der Waals surface area (Å²) in [5, 5.41) is 11.8. The molecule has 1 aromatic rings. The number of carbonyl (C=O) groups is 1. The van der Waals surface area contributed by atoms with Crippen molar-refractivity contribution in [1.82, 2.24) is 5.32 Å². The third-order valence-corrected chi connectivity index (χ3v) is 3.01. The Morgan fingerprint density at radius 1 is 1.47 bits per heavy atom. The standard InChI is InChI=1S/C15H16FNO2/c16-13-3-1-2-11(8-13)5-7-15(19)17-14-6-4-12(9-14)10-18/h1-8,12,14,18H,9-10H2,(H,17,19)/b7-5+/t12-,14+/m0/s1. The molecular weight excluding hydrogens is 245 g/mol. The molecule has 0 heterocycles. The van der Waals surface area contributed by atoms with E-state index in [1.165, 1.54) is 18.2 Å². The Kier molecular flexibility index (Phi) is 4.47. The van der Waals surface area contributed by atoms with Crippen molar-refractivity contribution in [2.45, 2.75) is 12.5 Å². The molecule has 0 fully saturated rings. The minimum Gasteiger partial charge on any atom is -0.396 e. The molecule has 0 saturated carbocycles. The number of rotatable bonds is 4. The van der Waals surface area contributed by atoms with Gasteiger partial charge in [-0.2, -0.15) is 0 Å². The lowest BCUT2D eigenvalue weighted by molar-refractivity contribution is -0.116. The highest BCUT2D eigenvalue weighted by Crippen LogP contribution is 2.16. The Morgan fingerprint density at radius 2 is 2.32 bits per heavy atom. The van der Waals surface area contributed by atoms with E-state index in [0.29, 0.717) is 5.56 Å². The number of halogens is 1. The third-order valence-electron chi connectivity index (χ3n) is 3.01. The van der Waals surface area contributed by atoms with E-state index in [1.807, 2.05) is 12.2 Å². The molecule has 0 saturated heterocycles. The van der Waals surface area contributed by atoms with Crippen molar-refractivity contribution < 1.29 is 14.3 Å². The number of benzene rings is 1. The first-order chi connectivity index (χ1) is 9.17. The quantitative estimate of drug-likeness (QED) is 0.642. The second kappa shape index (κ2) is 6.29. The lowest BCUT2D eigenvalue weighted by atomic mass is 10.1. The first kappa shape index (κ1) is 13.5. The van der Waals surface area contributed by atoms with Gasteiger partial charge in [0, 0.05) is 24.6 Å². The normalized spacial score (nSPS) is 22.0. The molecule has 1 aliphatic rings. The van der Waals surface area contributed by atoms with Crippen LogP contribution in [0, 0.1) is 11.7 Å². The average Bonchev–Trinajstić information content (AvgIpc) is 2.84. The summed E-state index contributed by atoms with van der Waals surface area (Å²) in [4.78, 5) is 11.7. The molecule has 1 aromatic carbocycles. The molecule has 2 atom stereocenters. The van der Waals surface area contributed by atoms with Crippen molar-refractivity contribution in [3.63, 3.8) is 0 Å². The van der Waals surface area contributed by atoms with Crippen LogP contribution in [0.2, 0.25) is 0 Å². The summed E-state index contributed by atoms with van der Waals surface area (Å²) in [6.07, 6.45) is 7.46. The van der Waals surface area contributed by atoms with Crippen molar-refractivity contribution in [3.05, 3.63) is 53.9 Å². The van der Waals surface area contributed by atoms with Gasteiger partial charge in [0.05, 0.1) is 0 Å². The van der Waals surface area contributed by atoms with Crippen LogP contribution >= 0.6 is 0 Å². The van der Waals surface area contributed by atoms with Gasteiger partial charge in [-0.1, -0.05) is 24.3 Å². The SMILES string of the molecule is O=C(/C=C/c1cccc(F)c1)N[C@@H]1C=C[C@H](CO)C1. The molecule has 2 rings (SSSR count). The maximum absolute atomic E-state index is 12.9. The van der Waals surface area contributed by atoms with E-state index in [0.717, 1.165) is 6.42 Å². The van der Waals surface area contributed by atoms with Gasteiger partial charge in [-0.05, 0) is 30.2 Å². The van der Waals surface area contributed by atoms with Crippen LogP contribution in [0.1, 0.15) is 12.0 Å². The molecule has 0 aliphatic heterocycles. The topological polar surface area (TPSA) is 49.3 Å². The van der Waals surface area contributed by atoms with Crippen molar-refractivity contribution in [1.29, 1.82) is 0 Å². The van der Waals surface area contributed by atoms with Gasteiger partial charge in [0.25, 0.3) is 0 Å². The first-order valence-corrected chi connectivity index (χ1v) is 6.20. The van der Waals surface area contributed by atoms with Crippen LogP contribution < -0.4 is 5.32 Å². The zero-order chi connectivity index (χ0) is 13.7. The van der Waals surface area contributed by atoms with Crippen molar-refractivity contribution >= 4 is 12.0 Å². The summed E-state index contributed by atoms with van der Waals surface area (Å²) in [7, 11) is 0. The largest absolute Gasteiger partial charge is 0.396 e. The molecule has 3 nitrogen and oxygen atoms in total. The molecule has 0 spiro atoms. The number of aliphatic hydroxyl groups is 1. The number of nitrogens with one attached hydrogen (secondary N) is 1. The molecule has 0 radical (unpaired) electrons. The minimum absolute atomic E-state index is 0.0400. The van der Waals surface area contributed by atoms with Crippen LogP contribution in [0.4, 0.5) is 4.39 Å². The second-order valence-electron chi connectivity index (χ2n) is 4.57. The molecule has 19 heavy (non-hydrogen) atoms. The van der Waals surface area contributed by atoms with E-state index >= 15 is 0 Å². The highest BCUT2D eigenvalue weighted by molar-refractivity contribution is 5.92. The van der Waals surface area contributed by atoms with Gasteiger partial charge >= 0.3 is 0 Å². The van der Waals surface area contributed by atoms with Crippen molar-refractivity contribution in [3.8, 4) is 0 Å². The van der Waals surface area contributed by atoms with E-state index in [4.69, 9.17) is 5.11 Å². The van der Waals surface area contributed by atoms with Gasteiger partial charge in [0.2, 0.25) is 5.91 Å². The van der Waals surface area contributed by atoms with Crippen molar-refractivity contribution in [2.75, 3.05) is 6.61 Å². The fourth-order valence-electron chi connectivity index (χ4n) is 2.03. The molecule has 100 valence electrons. The molecule has 1 aliphatic carbocycles. The Hall–Kier alpha value is -1.94. The van der Waals surface area contributed by atoms with Gasteiger partial charge in [-0.15, -0.1) is 0 Å². The fourth-order valence-corrected chi connectivity index (χ4v) is 2.03. The van der Waals surface area contributed by atoms with E-state index in [2.05, 4.69) is 5.32 Å². The highest BCUT2D eigenvalue weighted by Gasteiger charge is 2.18. The number of hydrogen-bond acceptors (Lipinski definition) is 2. The number of carbonyl (C=O) groups excluding carboxylic acids is 1. The maximum Gasteiger partial charge on any atom is 0.244 e. The number of amides is 1. The molecule has 4 heteroatoms. The fraction of sp³-hybridized carbons (Fsp3) is 0.267. The summed E-state index contributed by atoms with van der Waals surface area (Å²) in [5.74, 6) is -0.429. The van der Waals surface area contributed by atoms with Gasteiger partial charge in [0.15, 0.2) is 0 Å². The summed E-state index contributed by atoms with van der Waals surface area (Å²) < 4.78 is 12.9. The van der Waals surface area contributed by atoms with Crippen LogP contribution in [0.15, 0.2) is 42.5 Å². The van der Waals surface area contributed by atoms with Crippen LogP contribution in [0.25, 0.3) is 6.08 Å². The van der Waals surface area contributed by atoms with E-state index in [-0.39, 0.29) is 30.3 Å². The molecule has 0 aromatic heterocycles. The molecule has 0 bridgehead atoms.